The van der Waals surface area contributed by atoms with Crippen LogP contribution in [0, 0.1) is 0 Å². The monoisotopic (exact) mass is 346 g/mol. The lowest BCUT2D eigenvalue weighted by molar-refractivity contribution is -0.145. The quantitative estimate of drug-likeness (QED) is 0.420. The molecular formula is C18H22N2O5. The molecular weight excluding hydrogens is 324 g/mol. The molecule has 1 aromatic rings. The summed E-state index contributed by atoms with van der Waals surface area (Å²) in [5.41, 5.74) is 1.60. The second-order valence-electron chi connectivity index (χ2n) is 5.72. The van der Waals surface area contributed by atoms with Crippen LogP contribution >= 0.6 is 0 Å². The third-order valence-corrected chi connectivity index (χ3v) is 3.46. The number of anilines is 1. The van der Waals surface area contributed by atoms with Crippen molar-refractivity contribution in [3.05, 3.63) is 29.8 Å². The summed E-state index contributed by atoms with van der Waals surface area (Å²) in [7, 11) is 0. The van der Waals surface area contributed by atoms with Gasteiger partial charge < -0.3 is 14.8 Å². The zero-order valence-electron chi connectivity index (χ0n) is 14.2. The third kappa shape index (κ3) is 6.74. The maximum absolute atomic E-state index is 11.9. The van der Waals surface area contributed by atoms with Gasteiger partial charge in [0.1, 0.15) is 18.8 Å². The molecule has 25 heavy (non-hydrogen) atoms. The lowest BCUT2D eigenvalue weighted by atomic mass is 10.2. The molecule has 1 aliphatic rings. The van der Waals surface area contributed by atoms with Crippen LogP contribution in [0.25, 0.3) is 0 Å². The first-order chi connectivity index (χ1) is 12.0. The molecule has 0 spiro atoms. The van der Waals surface area contributed by atoms with Gasteiger partial charge in [0.25, 0.3) is 0 Å². The molecule has 0 fully saturated rings. The van der Waals surface area contributed by atoms with Crippen molar-refractivity contribution in [2.75, 3.05) is 25.1 Å². The molecule has 1 heterocycles. The fourth-order valence-corrected chi connectivity index (χ4v) is 2.26. The van der Waals surface area contributed by atoms with Crippen molar-refractivity contribution < 1.29 is 23.9 Å². The van der Waals surface area contributed by atoms with Gasteiger partial charge in [-0.2, -0.15) is 0 Å². The van der Waals surface area contributed by atoms with Crippen molar-refractivity contribution in [2.45, 2.75) is 32.6 Å². The highest BCUT2D eigenvalue weighted by Gasteiger charge is 2.10. The van der Waals surface area contributed by atoms with Crippen LogP contribution < -0.4 is 5.32 Å². The first-order valence-corrected chi connectivity index (χ1v) is 8.27. The number of Topliss-reactive ketones (excluding diaryl/α,β-unsaturated/α-hetero) is 1. The predicted molar refractivity (Wildman–Crippen MR) is 92.5 cm³/mol. The Balaban J connectivity index is 1.63. The molecule has 0 saturated heterocycles. The van der Waals surface area contributed by atoms with Gasteiger partial charge in [-0.15, -0.1) is 0 Å². The van der Waals surface area contributed by atoms with E-state index >= 15 is 0 Å². The van der Waals surface area contributed by atoms with Gasteiger partial charge in [0.15, 0.2) is 0 Å². The number of rotatable bonds is 9. The van der Waals surface area contributed by atoms with Gasteiger partial charge in [0, 0.05) is 17.7 Å². The highest BCUT2D eigenvalue weighted by Crippen LogP contribution is 2.13. The molecule has 7 heteroatoms. The number of unbranched alkanes of at least 4 members (excludes halogenated alkanes) is 1. The third-order valence-electron chi connectivity index (χ3n) is 3.46. The second kappa shape index (κ2) is 9.56. The number of esters is 1. The van der Waals surface area contributed by atoms with E-state index in [2.05, 4.69) is 10.3 Å². The van der Waals surface area contributed by atoms with Crippen LogP contribution in [-0.2, 0) is 23.9 Å². The molecule has 0 aliphatic carbocycles. The lowest BCUT2D eigenvalue weighted by Crippen LogP contribution is -2.13. The van der Waals surface area contributed by atoms with E-state index in [1.165, 1.54) is 6.92 Å². The number of aliphatic imine (C=N–C) groups is 1. The van der Waals surface area contributed by atoms with E-state index in [9.17, 15) is 14.4 Å². The van der Waals surface area contributed by atoms with Crippen molar-refractivity contribution >= 4 is 29.2 Å². The number of nitrogens with one attached hydrogen (secondary N) is 1. The first-order valence-electron chi connectivity index (χ1n) is 8.27. The van der Waals surface area contributed by atoms with E-state index in [1.807, 2.05) is 12.1 Å². The fraction of sp³-hybridized carbons (Fsp3) is 0.444. The Kier molecular flexibility index (Phi) is 7.13. The number of nitrogens with zero attached hydrogens (tertiary/aromatic N) is 1. The molecule has 0 bridgehead atoms. The zero-order chi connectivity index (χ0) is 18.1. The average molecular weight is 346 g/mol. The summed E-state index contributed by atoms with van der Waals surface area (Å²) < 4.78 is 10.3. The first kappa shape index (κ1) is 18.6. The maximum atomic E-state index is 11.9. The Bertz CT molecular complexity index is 652. The van der Waals surface area contributed by atoms with Crippen LogP contribution in [0.15, 0.2) is 29.3 Å². The van der Waals surface area contributed by atoms with Crippen LogP contribution in [0.4, 0.5) is 5.69 Å². The number of amides is 1. The molecule has 7 nitrogen and oxygen atoms in total. The number of ether oxygens (including phenoxy) is 2. The molecule has 1 aromatic carbocycles. The molecule has 0 saturated carbocycles. The summed E-state index contributed by atoms with van der Waals surface area (Å²) in [6.07, 6.45) is 1.31. The standard InChI is InChI=1S/C18H22N2O5/c1-13(21)12-17(23)24-10-3-2-4-16(22)20-15-7-5-14(6-8-15)18-19-9-11-25-18/h5-8H,2-4,9-12H2,1H3,(H,20,22). The maximum Gasteiger partial charge on any atom is 0.313 e. The number of carbonyl (C=O) groups is 3. The van der Waals surface area contributed by atoms with Crippen LogP contribution in [0.5, 0.6) is 0 Å². The van der Waals surface area contributed by atoms with E-state index in [-0.39, 0.29) is 24.7 Å². The molecule has 0 radical (unpaired) electrons. The van der Waals surface area contributed by atoms with E-state index < -0.39 is 5.97 Å². The van der Waals surface area contributed by atoms with Crippen molar-refractivity contribution in [3.8, 4) is 0 Å². The number of carbonyl (C=O) groups excluding carboxylic acids is 3. The van der Waals surface area contributed by atoms with Gasteiger partial charge in [-0.3, -0.25) is 14.4 Å². The van der Waals surface area contributed by atoms with Crippen LogP contribution in [0.3, 0.4) is 0 Å². The molecule has 0 aromatic heterocycles. The molecule has 1 aliphatic heterocycles. The Morgan fingerprint density at radius 1 is 1.20 bits per heavy atom. The highest BCUT2D eigenvalue weighted by molar-refractivity contribution is 5.96. The number of hydrogen-bond donors (Lipinski definition) is 1. The van der Waals surface area contributed by atoms with Crippen molar-refractivity contribution in [3.63, 3.8) is 0 Å². The van der Waals surface area contributed by atoms with E-state index in [0.29, 0.717) is 44.0 Å². The summed E-state index contributed by atoms with van der Waals surface area (Å²) in [5, 5.41) is 2.81. The minimum Gasteiger partial charge on any atom is -0.476 e. The van der Waals surface area contributed by atoms with Crippen molar-refractivity contribution in [2.24, 2.45) is 4.99 Å². The molecule has 1 amide bonds. The fourth-order valence-electron chi connectivity index (χ4n) is 2.26. The normalized spacial score (nSPS) is 12.9. The van der Waals surface area contributed by atoms with Gasteiger partial charge in [-0.25, -0.2) is 4.99 Å². The van der Waals surface area contributed by atoms with Gasteiger partial charge >= 0.3 is 5.97 Å². The number of hydrogen-bond acceptors (Lipinski definition) is 6. The summed E-state index contributed by atoms with van der Waals surface area (Å²) >= 11 is 0. The lowest BCUT2D eigenvalue weighted by Gasteiger charge is -2.07. The second-order valence-corrected chi connectivity index (χ2v) is 5.72. The van der Waals surface area contributed by atoms with Gasteiger partial charge in [0.05, 0.1) is 13.2 Å². The van der Waals surface area contributed by atoms with Crippen LogP contribution in [0.2, 0.25) is 0 Å². The average Bonchev–Trinajstić information content (AvgIpc) is 3.09. The summed E-state index contributed by atoms with van der Waals surface area (Å²) in [6, 6.07) is 7.32. The smallest absolute Gasteiger partial charge is 0.313 e. The Labute approximate surface area is 146 Å². The largest absolute Gasteiger partial charge is 0.476 e. The molecule has 0 atom stereocenters. The topological polar surface area (TPSA) is 94.1 Å². The number of benzene rings is 1. The minimum absolute atomic E-state index is 0.0998. The molecule has 1 N–H and O–H groups in total. The Hall–Kier alpha value is -2.70. The van der Waals surface area contributed by atoms with E-state index in [4.69, 9.17) is 9.47 Å². The van der Waals surface area contributed by atoms with Crippen molar-refractivity contribution in [1.82, 2.24) is 0 Å². The Morgan fingerprint density at radius 3 is 2.60 bits per heavy atom. The van der Waals surface area contributed by atoms with Gasteiger partial charge in [-0.1, -0.05) is 0 Å². The zero-order valence-corrected chi connectivity index (χ0v) is 14.2. The summed E-state index contributed by atoms with van der Waals surface area (Å²) in [5.74, 6) is -0.204. The Morgan fingerprint density at radius 2 is 1.96 bits per heavy atom. The predicted octanol–water partition coefficient (Wildman–Crippen LogP) is 2.09. The van der Waals surface area contributed by atoms with Crippen molar-refractivity contribution in [1.29, 1.82) is 0 Å². The molecule has 134 valence electrons. The molecule has 0 unspecified atom stereocenters. The van der Waals surface area contributed by atoms with Crippen LogP contribution in [0.1, 0.15) is 38.2 Å². The van der Waals surface area contributed by atoms with Gasteiger partial charge in [0.2, 0.25) is 11.8 Å². The SMILES string of the molecule is CC(=O)CC(=O)OCCCCC(=O)Nc1ccc(C2=NCCO2)cc1. The summed E-state index contributed by atoms with van der Waals surface area (Å²) in [4.78, 5) is 38.0. The molecule has 2 rings (SSSR count). The van der Waals surface area contributed by atoms with E-state index in [0.717, 1.165) is 5.56 Å². The summed E-state index contributed by atoms with van der Waals surface area (Å²) in [6.45, 7) is 2.85. The minimum atomic E-state index is -0.520. The van der Waals surface area contributed by atoms with Crippen LogP contribution in [-0.4, -0.2) is 43.3 Å². The number of ketones is 1. The van der Waals surface area contributed by atoms with Gasteiger partial charge in [-0.05, 0) is 44.0 Å². The van der Waals surface area contributed by atoms with E-state index in [1.54, 1.807) is 12.1 Å². The highest BCUT2D eigenvalue weighted by atomic mass is 16.5.